The highest BCUT2D eigenvalue weighted by Gasteiger charge is 2.43. The molecule has 4 aromatic rings. The normalized spacial score (nSPS) is 13.4. The smallest absolute Gasteiger partial charge is 0.416 e. The van der Waals surface area contributed by atoms with Crippen molar-refractivity contribution in [1.29, 1.82) is 0 Å². The Bertz CT molecular complexity index is 1760. The first-order chi connectivity index (χ1) is 21.5. The topological polar surface area (TPSA) is 165 Å². The number of carbonyl (C=O) groups excluding carboxylic acids is 1. The van der Waals surface area contributed by atoms with Gasteiger partial charge in [0.1, 0.15) is 22.4 Å². The molecule has 13 heteroatoms. The Hall–Kier alpha value is -4.75. The number of nitrogens with zero attached hydrogens (tertiary/aromatic N) is 5. The van der Waals surface area contributed by atoms with Crippen molar-refractivity contribution in [2.75, 3.05) is 4.90 Å². The van der Waals surface area contributed by atoms with Crippen molar-refractivity contribution in [1.82, 2.24) is 24.9 Å². The van der Waals surface area contributed by atoms with Gasteiger partial charge in [-0.3, -0.25) is 4.98 Å². The van der Waals surface area contributed by atoms with Crippen molar-refractivity contribution in [3.05, 3.63) is 96.7 Å². The average molecular weight is 647 g/mol. The predicted molar refractivity (Wildman–Crippen MR) is 172 cm³/mol. The third-order valence-electron chi connectivity index (χ3n) is 6.82. The maximum atomic E-state index is 13.6. The number of sulfonamides is 1. The lowest BCUT2D eigenvalue weighted by atomic mass is 9.85. The van der Waals surface area contributed by atoms with Crippen molar-refractivity contribution < 1.29 is 27.9 Å². The fraction of sp³-hybridized carbons (Fsp3) is 0.333. The summed E-state index contributed by atoms with van der Waals surface area (Å²) in [5.41, 5.74) is 0.986. The second-order valence-electron chi connectivity index (χ2n) is 12.8. The van der Waals surface area contributed by atoms with Gasteiger partial charge < -0.3 is 9.84 Å². The van der Waals surface area contributed by atoms with Gasteiger partial charge in [-0.2, -0.15) is 10.2 Å². The first-order valence-electron chi connectivity index (χ1n) is 14.6. The van der Waals surface area contributed by atoms with E-state index in [1.54, 1.807) is 66.1 Å². The molecule has 0 fully saturated rings. The standard InChI is InChI=1S/C33H38N6O6S/c1-32(2,3)29(30(40)41)39(31(42)45-33(4,5)6)28-11-7-10-26(37-28)27(38-46(43,44)25-9-8-17-34-21-25)19-22-12-14-23(15-13-22)24-16-18-35-36-20-24/h7-18,20-21,27,29,38H,19H2,1-6H3,(H,40,41). The first kappa shape index (κ1) is 34.1. The molecule has 0 aliphatic carbocycles. The molecule has 1 amide bonds. The fourth-order valence-electron chi connectivity index (χ4n) is 4.78. The van der Waals surface area contributed by atoms with Gasteiger partial charge in [-0.05, 0) is 74.1 Å². The molecule has 0 saturated carbocycles. The number of rotatable bonds is 10. The maximum Gasteiger partial charge on any atom is 0.416 e. The van der Waals surface area contributed by atoms with E-state index in [1.807, 2.05) is 30.3 Å². The van der Waals surface area contributed by atoms with Gasteiger partial charge in [-0.15, -0.1) is 0 Å². The Morgan fingerprint density at radius 1 is 0.891 bits per heavy atom. The molecule has 2 unspecified atom stereocenters. The highest BCUT2D eigenvalue weighted by Crippen LogP contribution is 2.32. The van der Waals surface area contributed by atoms with Gasteiger partial charge in [0.25, 0.3) is 0 Å². The summed E-state index contributed by atoms with van der Waals surface area (Å²) in [6.07, 6.45) is 5.24. The zero-order valence-corrected chi connectivity index (χ0v) is 27.4. The van der Waals surface area contributed by atoms with E-state index in [0.29, 0.717) is 0 Å². The van der Waals surface area contributed by atoms with Crippen LogP contribution >= 0.6 is 0 Å². The van der Waals surface area contributed by atoms with Crippen LogP contribution in [-0.4, -0.2) is 57.4 Å². The lowest BCUT2D eigenvalue weighted by molar-refractivity contribution is -0.141. The number of aromatic nitrogens is 4. The molecule has 0 spiro atoms. The van der Waals surface area contributed by atoms with Gasteiger partial charge in [-0.25, -0.2) is 32.6 Å². The summed E-state index contributed by atoms with van der Waals surface area (Å²) in [5, 5.41) is 18.0. The number of carbonyl (C=O) groups is 2. The highest BCUT2D eigenvalue weighted by atomic mass is 32.2. The molecule has 1 aromatic carbocycles. The Kier molecular flexibility index (Phi) is 10.2. The second kappa shape index (κ2) is 13.7. The van der Waals surface area contributed by atoms with Crippen molar-refractivity contribution in [3.63, 3.8) is 0 Å². The number of aliphatic carboxylic acids is 1. The second-order valence-corrected chi connectivity index (χ2v) is 14.5. The predicted octanol–water partition coefficient (Wildman–Crippen LogP) is 5.44. The number of nitrogens with one attached hydrogen (secondary N) is 1. The minimum Gasteiger partial charge on any atom is -0.480 e. The fourth-order valence-corrected chi connectivity index (χ4v) is 5.95. The van der Waals surface area contributed by atoms with Crippen LogP contribution in [0.25, 0.3) is 11.1 Å². The Morgan fingerprint density at radius 2 is 1.61 bits per heavy atom. The van der Waals surface area contributed by atoms with Crippen molar-refractivity contribution >= 4 is 27.9 Å². The van der Waals surface area contributed by atoms with E-state index < -0.39 is 45.2 Å². The molecule has 242 valence electrons. The summed E-state index contributed by atoms with van der Waals surface area (Å²) in [6, 6.07) is 14.8. The number of anilines is 1. The van der Waals surface area contributed by atoms with E-state index in [2.05, 4.69) is 24.9 Å². The van der Waals surface area contributed by atoms with Crippen LogP contribution in [0.4, 0.5) is 10.6 Å². The number of hydrogen-bond acceptors (Lipinski definition) is 9. The van der Waals surface area contributed by atoms with Crippen molar-refractivity contribution in [3.8, 4) is 11.1 Å². The van der Waals surface area contributed by atoms with Gasteiger partial charge in [-0.1, -0.05) is 51.1 Å². The molecule has 2 N–H and O–H groups in total. The van der Waals surface area contributed by atoms with Gasteiger partial charge >= 0.3 is 12.1 Å². The molecule has 46 heavy (non-hydrogen) atoms. The van der Waals surface area contributed by atoms with Crippen LogP contribution in [0.15, 0.2) is 90.3 Å². The Labute approximate surface area is 268 Å². The average Bonchev–Trinajstić information content (AvgIpc) is 2.99. The van der Waals surface area contributed by atoms with Gasteiger partial charge in [0, 0.05) is 18.0 Å². The van der Waals surface area contributed by atoms with Crippen LogP contribution in [-0.2, 0) is 26.0 Å². The largest absolute Gasteiger partial charge is 0.480 e. The number of carboxylic acids is 1. The summed E-state index contributed by atoms with van der Waals surface area (Å²) in [7, 11) is -4.07. The molecule has 0 aliphatic rings. The monoisotopic (exact) mass is 646 g/mol. The Balaban J connectivity index is 1.79. The summed E-state index contributed by atoms with van der Waals surface area (Å²) in [6.45, 7) is 10.1. The summed E-state index contributed by atoms with van der Waals surface area (Å²) in [4.78, 5) is 35.7. The Morgan fingerprint density at radius 3 is 2.17 bits per heavy atom. The molecule has 0 aliphatic heterocycles. The molecule has 0 saturated heterocycles. The SMILES string of the molecule is CC(C)(C)OC(=O)N(c1cccc(C(Cc2ccc(-c3ccnnc3)cc2)NS(=O)(=O)c2cccnc2)n1)C(C(=O)O)C(C)(C)C. The minimum atomic E-state index is -4.07. The molecule has 3 heterocycles. The number of ether oxygens (including phenoxy) is 1. The van der Waals surface area contributed by atoms with Crippen LogP contribution in [0.5, 0.6) is 0 Å². The van der Waals surface area contributed by atoms with Gasteiger partial charge in [0.15, 0.2) is 0 Å². The molecule has 2 atom stereocenters. The number of hydrogen-bond donors (Lipinski definition) is 2. The lowest BCUT2D eigenvalue weighted by Gasteiger charge is -2.37. The third-order valence-corrected chi connectivity index (χ3v) is 8.27. The van der Waals surface area contributed by atoms with Gasteiger partial charge in [0.2, 0.25) is 10.0 Å². The molecular weight excluding hydrogens is 608 g/mol. The third kappa shape index (κ3) is 8.70. The number of pyridine rings is 2. The summed E-state index contributed by atoms with van der Waals surface area (Å²) < 4.78 is 35.4. The number of benzene rings is 1. The van der Waals surface area contributed by atoms with Crippen LogP contribution in [0.2, 0.25) is 0 Å². The number of amides is 1. The van der Waals surface area contributed by atoms with Crippen molar-refractivity contribution in [2.45, 2.75) is 70.5 Å². The summed E-state index contributed by atoms with van der Waals surface area (Å²) >= 11 is 0. The highest BCUT2D eigenvalue weighted by molar-refractivity contribution is 7.89. The van der Waals surface area contributed by atoms with E-state index in [1.165, 1.54) is 30.6 Å². The van der Waals surface area contributed by atoms with Gasteiger partial charge in [0.05, 0.1) is 24.1 Å². The zero-order valence-electron chi connectivity index (χ0n) is 26.6. The first-order valence-corrected chi connectivity index (χ1v) is 16.0. The lowest BCUT2D eigenvalue weighted by Crippen LogP contribution is -2.54. The molecule has 3 aromatic heterocycles. The number of carboxylic acid groups (broad SMARTS) is 1. The summed E-state index contributed by atoms with van der Waals surface area (Å²) in [5.74, 6) is -1.25. The van der Waals surface area contributed by atoms with E-state index in [-0.39, 0.29) is 22.8 Å². The molecule has 4 rings (SSSR count). The molecule has 0 radical (unpaired) electrons. The van der Waals surface area contributed by atoms with E-state index >= 15 is 0 Å². The van der Waals surface area contributed by atoms with Crippen LogP contribution in [0.3, 0.4) is 0 Å². The zero-order chi connectivity index (χ0) is 33.7. The molecule has 12 nitrogen and oxygen atoms in total. The van der Waals surface area contributed by atoms with Crippen molar-refractivity contribution in [2.24, 2.45) is 5.41 Å². The molecule has 0 bridgehead atoms. The quantitative estimate of drug-likeness (QED) is 0.227. The minimum absolute atomic E-state index is 0.000172. The molecular formula is C33H38N6O6S. The van der Waals surface area contributed by atoms with Crippen LogP contribution in [0.1, 0.15) is 58.8 Å². The van der Waals surface area contributed by atoms with Crippen LogP contribution in [0, 0.1) is 5.41 Å². The van der Waals surface area contributed by atoms with E-state index in [4.69, 9.17) is 4.74 Å². The van der Waals surface area contributed by atoms with E-state index in [9.17, 15) is 23.1 Å². The van der Waals surface area contributed by atoms with E-state index in [0.717, 1.165) is 21.6 Å². The maximum absolute atomic E-state index is 13.6. The van der Waals surface area contributed by atoms with Crippen LogP contribution < -0.4 is 9.62 Å².